The molecule has 1 saturated heterocycles. The summed E-state index contributed by atoms with van der Waals surface area (Å²) >= 11 is 2.17. The topological polar surface area (TPSA) is 12.5 Å². The van der Waals surface area contributed by atoms with Crippen LogP contribution in [0.25, 0.3) is 0 Å². The maximum absolute atomic E-state index is 5.10. The minimum absolute atomic E-state index is 0.906. The van der Waals surface area contributed by atoms with Crippen molar-refractivity contribution in [2.75, 3.05) is 13.2 Å². The fourth-order valence-corrected chi connectivity index (χ4v) is 1.10. The molecule has 0 bridgehead atoms. The van der Waals surface area contributed by atoms with Crippen molar-refractivity contribution >= 4 is 22.9 Å². The van der Waals surface area contributed by atoms with Gasteiger partial charge in [-0.2, -0.15) is 0 Å². The molecule has 1 rings (SSSR count). The molecule has 1 aliphatic heterocycles. The summed E-state index contributed by atoms with van der Waals surface area (Å²) in [7, 11) is 0. The molecule has 3 heteroatoms. The molecule has 42 valence electrons. The van der Waals surface area contributed by atoms with Crippen molar-refractivity contribution < 1.29 is 4.84 Å². The molecule has 0 amide bonds. The van der Waals surface area contributed by atoms with E-state index < -0.39 is 0 Å². The molecule has 1 aliphatic rings. The first kappa shape index (κ1) is 5.78. The maximum atomic E-state index is 5.10. The van der Waals surface area contributed by atoms with Gasteiger partial charge in [0.05, 0.1) is 6.61 Å². The zero-order chi connectivity index (χ0) is 5.11. The molecule has 0 spiro atoms. The van der Waals surface area contributed by atoms with Gasteiger partial charge < -0.3 is 0 Å². The van der Waals surface area contributed by atoms with Crippen LogP contribution >= 0.6 is 22.9 Å². The first-order chi connectivity index (χ1) is 3.39. The molecule has 0 atom stereocenters. The second kappa shape index (κ2) is 2.84. The summed E-state index contributed by atoms with van der Waals surface area (Å²) in [5.41, 5.74) is 0. The quantitative estimate of drug-likeness (QED) is 0.445. The average Bonchev–Trinajstić information content (AvgIpc) is 1.69. The molecule has 0 aliphatic carbocycles. The zero-order valence-corrected chi connectivity index (χ0v) is 6.22. The molecule has 0 aromatic heterocycles. The van der Waals surface area contributed by atoms with Crippen LogP contribution in [0.1, 0.15) is 12.8 Å². The van der Waals surface area contributed by atoms with Crippen LogP contribution in [0.2, 0.25) is 0 Å². The third-order valence-corrected chi connectivity index (χ3v) is 1.72. The van der Waals surface area contributed by atoms with E-state index in [-0.39, 0.29) is 0 Å². The average molecular weight is 213 g/mol. The van der Waals surface area contributed by atoms with Crippen LogP contribution in [0.4, 0.5) is 0 Å². The molecular weight excluding hydrogens is 205 g/mol. The van der Waals surface area contributed by atoms with Gasteiger partial charge in [0.15, 0.2) is 0 Å². The Morgan fingerprint density at radius 2 is 2.29 bits per heavy atom. The van der Waals surface area contributed by atoms with Crippen molar-refractivity contribution in [2.24, 2.45) is 0 Å². The minimum atomic E-state index is 0.906. The Morgan fingerprint density at radius 3 is 2.57 bits per heavy atom. The lowest BCUT2D eigenvalue weighted by Gasteiger charge is -2.18. The minimum Gasteiger partial charge on any atom is -0.289 e. The standard InChI is InChI=1S/C4H8INO/c5-6-3-1-2-4-7-6/h1-4H2. The molecule has 1 heterocycles. The molecule has 0 N–H and O–H groups in total. The van der Waals surface area contributed by atoms with Crippen molar-refractivity contribution in [1.82, 2.24) is 3.28 Å². The number of hydroxylamine groups is 1. The Balaban J connectivity index is 2.12. The third kappa shape index (κ3) is 1.92. The van der Waals surface area contributed by atoms with Crippen LogP contribution in [0.5, 0.6) is 0 Å². The molecule has 0 radical (unpaired) electrons. The van der Waals surface area contributed by atoms with E-state index in [1.165, 1.54) is 12.8 Å². The van der Waals surface area contributed by atoms with E-state index in [0.717, 1.165) is 13.2 Å². The van der Waals surface area contributed by atoms with Crippen LogP contribution in [0, 0.1) is 0 Å². The molecular formula is C4H8INO. The normalized spacial score (nSPS) is 25.3. The second-order valence-electron chi connectivity index (χ2n) is 1.58. The van der Waals surface area contributed by atoms with Gasteiger partial charge in [0.1, 0.15) is 0 Å². The smallest absolute Gasteiger partial charge is 0.0695 e. The highest BCUT2D eigenvalue weighted by atomic mass is 127. The van der Waals surface area contributed by atoms with Gasteiger partial charge >= 0.3 is 0 Å². The van der Waals surface area contributed by atoms with Crippen LogP contribution in [0.3, 0.4) is 0 Å². The summed E-state index contributed by atoms with van der Waals surface area (Å²) in [6.07, 6.45) is 2.50. The number of rotatable bonds is 0. The molecule has 1 fully saturated rings. The maximum Gasteiger partial charge on any atom is 0.0695 e. The van der Waals surface area contributed by atoms with Crippen molar-refractivity contribution in [2.45, 2.75) is 12.8 Å². The molecule has 2 nitrogen and oxygen atoms in total. The number of hydrogen-bond donors (Lipinski definition) is 0. The summed E-state index contributed by atoms with van der Waals surface area (Å²) < 4.78 is 1.86. The first-order valence-corrected chi connectivity index (χ1v) is 3.42. The van der Waals surface area contributed by atoms with Gasteiger partial charge in [0, 0.05) is 29.4 Å². The van der Waals surface area contributed by atoms with Crippen molar-refractivity contribution in [3.05, 3.63) is 0 Å². The summed E-state index contributed by atoms with van der Waals surface area (Å²) in [4.78, 5) is 5.10. The lowest BCUT2D eigenvalue weighted by Crippen LogP contribution is -2.19. The van der Waals surface area contributed by atoms with Crippen LogP contribution in [0.15, 0.2) is 0 Å². The first-order valence-electron chi connectivity index (χ1n) is 2.46. The highest BCUT2D eigenvalue weighted by molar-refractivity contribution is 14.1. The lowest BCUT2D eigenvalue weighted by atomic mass is 10.3. The van der Waals surface area contributed by atoms with Crippen molar-refractivity contribution in [3.63, 3.8) is 0 Å². The van der Waals surface area contributed by atoms with E-state index in [2.05, 4.69) is 22.9 Å². The number of hydrogen-bond acceptors (Lipinski definition) is 2. The largest absolute Gasteiger partial charge is 0.289 e. The predicted molar refractivity (Wildman–Crippen MR) is 35.9 cm³/mol. The zero-order valence-electron chi connectivity index (χ0n) is 4.06. The van der Waals surface area contributed by atoms with Crippen LogP contribution in [-0.2, 0) is 4.84 Å². The van der Waals surface area contributed by atoms with E-state index in [0.29, 0.717) is 0 Å². The van der Waals surface area contributed by atoms with Gasteiger partial charge in [0.2, 0.25) is 0 Å². The van der Waals surface area contributed by atoms with Gasteiger partial charge in [-0.05, 0) is 12.8 Å². The predicted octanol–water partition coefficient (Wildman–Crippen LogP) is 1.36. The Bertz CT molecular complexity index is 53.7. The lowest BCUT2D eigenvalue weighted by molar-refractivity contribution is -0.0814. The second-order valence-corrected chi connectivity index (χ2v) is 2.66. The summed E-state index contributed by atoms with van der Waals surface area (Å²) in [6.45, 7) is 1.99. The highest BCUT2D eigenvalue weighted by Gasteiger charge is 2.04. The molecule has 0 saturated carbocycles. The van der Waals surface area contributed by atoms with E-state index in [4.69, 9.17) is 4.84 Å². The van der Waals surface area contributed by atoms with E-state index in [1.807, 2.05) is 3.28 Å². The van der Waals surface area contributed by atoms with E-state index in [9.17, 15) is 0 Å². The van der Waals surface area contributed by atoms with Crippen molar-refractivity contribution in [1.29, 1.82) is 0 Å². The summed E-state index contributed by atoms with van der Waals surface area (Å²) in [5.74, 6) is 0. The Kier molecular flexibility index (Phi) is 2.34. The molecule has 7 heavy (non-hydrogen) atoms. The number of nitrogens with zero attached hydrogens (tertiary/aromatic N) is 1. The number of halogens is 1. The van der Waals surface area contributed by atoms with Gasteiger partial charge in [-0.15, -0.1) is 3.28 Å². The fraction of sp³-hybridized carbons (Fsp3) is 1.00. The fourth-order valence-electron chi connectivity index (χ4n) is 0.566. The third-order valence-electron chi connectivity index (χ3n) is 0.960. The summed E-state index contributed by atoms with van der Waals surface area (Å²) in [6, 6.07) is 0. The highest BCUT2D eigenvalue weighted by Crippen LogP contribution is 2.09. The molecule has 0 unspecified atom stereocenters. The van der Waals surface area contributed by atoms with Gasteiger partial charge in [-0.1, -0.05) is 0 Å². The van der Waals surface area contributed by atoms with Gasteiger partial charge in [-0.25, -0.2) is 0 Å². The van der Waals surface area contributed by atoms with Gasteiger partial charge in [-0.3, -0.25) is 4.84 Å². The van der Waals surface area contributed by atoms with E-state index in [1.54, 1.807) is 0 Å². The van der Waals surface area contributed by atoms with E-state index >= 15 is 0 Å². The summed E-state index contributed by atoms with van der Waals surface area (Å²) in [5, 5.41) is 0. The Hall–Kier alpha value is 0.650. The molecule has 0 aromatic carbocycles. The van der Waals surface area contributed by atoms with Gasteiger partial charge in [0.25, 0.3) is 0 Å². The molecule has 0 aromatic rings. The Morgan fingerprint density at radius 1 is 1.43 bits per heavy atom. The van der Waals surface area contributed by atoms with Crippen LogP contribution < -0.4 is 0 Å². The van der Waals surface area contributed by atoms with Crippen molar-refractivity contribution in [3.8, 4) is 0 Å². The Labute approximate surface area is 57.3 Å². The van der Waals surface area contributed by atoms with Crippen LogP contribution in [-0.4, -0.2) is 16.4 Å². The SMILES string of the molecule is IN1CCCCO1. The monoisotopic (exact) mass is 213 g/mol.